The molecule has 2 heteroatoms. The molecule has 0 N–H and O–H groups in total. The maximum atomic E-state index is 2.62. The largest absolute Gasteiger partial charge is 2.00 e. The van der Waals surface area contributed by atoms with E-state index >= 15 is 0 Å². The van der Waals surface area contributed by atoms with Gasteiger partial charge in [0.05, 0.1) is 0 Å². The topological polar surface area (TPSA) is 0 Å². The van der Waals surface area contributed by atoms with Crippen LogP contribution in [0.1, 0.15) is 88.2 Å². The van der Waals surface area contributed by atoms with Gasteiger partial charge in [-0.2, -0.15) is 12.1 Å². The zero-order valence-corrected chi connectivity index (χ0v) is 61.2. The minimum Gasteiger partial charge on any atom is -0.164 e. The van der Waals surface area contributed by atoms with Crippen LogP contribution in [0.2, 0.25) is 13.1 Å². The monoisotopic (exact) mass is 1380 g/mol. The van der Waals surface area contributed by atoms with Crippen LogP contribution in [0.15, 0.2) is 267 Å². The van der Waals surface area contributed by atoms with Gasteiger partial charge < -0.3 is 0 Å². The van der Waals surface area contributed by atoms with Crippen molar-refractivity contribution in [2.24, 2.45) is 46.3 Å². The maximum absolute atomic E-state index is 2.62. The van der Waals surface area contributed by atoms with E-state index in [4.69, 9.17) is 0 Å². The molecule has 8 aliphatic rings. The van der Waals surface area contributed by atoms with Gasteiger partial charge in [-0.1, -0.05) is 254 Å². The summed E-state index contributed by atoms with van der Waals surface area (Å²) >= 11 is 0. The Morgan fingerprint density at radius 1 is 0.270 bits per heavy atom. The van der Waals surface area contributed by atoms with E-state index in [0.717, 1.165) is 45.0 Å². The van der Waals surface area contributed by atoms with Gasteiger partial charge in [0.2, 0.25) is 0 Å². The van der Waals surface area contributed by atoms with E-state index in [9.17, 15) is 0 Å². The third-order valence-corrected chi connectivity index (χ3v) is 25.5. The van der Waals surface area contributed by atoms with Crippen molar-refractivity contribution in [3.63, 3.8) is 0 Å². The van der Waals surface area contributed by atoms with Crippen LogP contribution in [0.4, 0.5) is 0 Å². The molecule has 24 rings (SSSR count). The van der Waals surface area contributed by atoms with E-state index in [1.807, 2.05) is 0 Å². The molecule has 8 fully saturated rings. The minimum atomic E-state index is 0. The summed E-state index contributed by atoms with van der Waals surface area (Å²) in [5, 5.41) is 26.8. The summed E-state index contributed by atoms with van der Waals surface area (Å²) < 4.78 is 0. The summed E-state index contributed by atoms with van der Waals surface area (Å²) in [6.07, 6.45) is 20.1. The second-order valence-corrected chi connectivity index (χ2v) is 33.2. The van der Waals surface area contributed by atoms with Crippen LogP contribution in [0.25, 0.3) is 152 Å². The standard InChI is InChI=1S/2C48H39.C2H6Si.Zr/c2*1-5-13-38-34(9-1)24-35-10-2-6-14-39(35)46(38)42-17-18-43(47-40-15-7-3-11-36(40)25-37-12-4-8-16-41(37)47)45-23-33(22-44(42)45)29-48-26-30-19-31(27-48)21-32(20-30)28-48;1-3-2;/h2*1-18,22-25,30-32H,19-21,26-29H2;1-2H3;/q2*-1;;+2. The molecule has 0 amide bonds. The first-order valence-electron chi connectivity index (χ1n) is 37.4. The molecular weight excluding hydrogens is 1300 g/mol. The fourth-order valence-electron chi connectivity index (χ4n) is 22.9. The Morgan fingerprint density at radius 2 is 0.470 bits per heavy atom. The van der Waals surface area contributed by atoms with Crippen molar-refractivity contribution in [1.82, 2.24) is 0 Å². The molecule has 0 saturated heterocycles. The fourth-order valence-corrected chi connectivity index (χ4v) is 22.9. The second-order valence-electron chi connectivity index (χ2n) is 32.2. The molecule has 0 atom stereocenters. The second kappa shape index (κ2) is 24.9. The molecule has 0 aliphatic heterocycles. The summed E-state index contributed by atoms with van der Waals surface area (Å²) in [4.78, 5) is 0. The molecule has 0 heterocycles. The van der Waals surface area contributed by atoms with Crippen molar-refractivity contribution >= 4 is 117 Å². The van der Waals surface area contributed by atoms with Crippen LogP contribution in [-0.4, -0.2) is 9.52 Å². The third-order valence-electron chi connectivity index (χ3n) is 25.5. The van der Waals surface area contributed by atoms with Crippen molar-refractivity contribution in [2.75, 3.05) is 0 Å². The minimum absolute atomic E-state index is 0. The Bertz CT molecular complexity index is 4950. The van der Waals surface area contributed by atoms with Gasteiger partial charge in [-0.25, -0.2) is 0 Å². The average Bonchev–Trinajstić information content (AvgIpc) is 1.49. The zero-order valence-electron chi connectivity index (χ0n) is 57.8. The first-order valence-corrected chi connectivity index (χ1v) is 39.4. The predicted molar refractivity (Wildman–Crippen MR) is 427 cm³/mol. The Hall–Kier alpha value is -8.52. The Kier molecular flexibility index (Phi) is 15.6. The first-order chi connectivity index (χ1) is 48.8. The Morgan fingerprint density at radius 3 is 0.700 bits per heavy atom. The summed E-state index contributed by atoms with van der Waals surface area (Å²) in [7, 11) is 1.08. The fraction of sp³-hybridized carbons (Fsp3) is 0.245. The number of benzene rings is 14. The van der Waals surface area contributed by atoms with Gasteiger partial charge in [0.15, 0.2) is 0 Å². The van der Waals surface area contributed by atoms with E-state index < -0.39 is 0 Å². The molecule has 484 valence electrons. The molecule has 16 aromatic rings. The van der Waals surface area contributed by atoms with Gasteiger partial charge >= 0.3 is 26.2 Å². The summed E-state index contributed by atoms with van der Waals surface area (Å²) in [6, 6.07) is 102. The van der Waals surface area contributed by atoms with E-state index in [-0.39, 0.29) is 26.2 Å². The number of hydrogen-bond acceptors (Lipinski definition) is 0. The molecule has 8 bridgehead atoms. The molecule has 8 aliphatic carbocycles. The smallest absolute Gasteiger partial charge is 0.164 e. The zero-order chi connectivity index (χ0) is 65.5. The molecule has 0 unspecified atom stereocenters. The van der Waals surface area contributed by atoms with Crippen molar-refractivity contribution in [1.29, 1.82) is 0 Å². The normalized spacial score (nSPS) is 22.5. The number of hydrogen-bond donors (Lipinski definition) is 0. The molecule has 8 saturated carbocycles. The maximum Gasteiger partial charge on any atom is 2.00 e. The third kappa shape index (κ3) is 10.6. The van der Waals surface area contributed by atoms with E-state index in [0.29, 0.717) is 10.8 Å². The van der Waals surface area contributed by atoms with Gasteiger partial charge in [0.1, 0.15) is 0 Å². The molecule has 16 aromatic carbocycles. The van der Waals surface area contributed by atoms with Crippen molar-refractivity contribution in [2.45, 2.75) is 103 Å². The van der Waals surface area contributed by atoms with Gasteiger partial charge in [-0.3, -0.25) is 0 Å². The summed E-state index contributed by atoms with van der Waals surface area (Å²) in [6.45, 7) is 4.31. The summed E-state index contributed by atoms with van der Waals surface area (Å²) in [5.74, 6) is 5.81. The van der Waals surface area contributed by atoms with Gasteiger partial charge in [0, 0.05) is 9.52 Å². The molecular formula is C98H84SiZr. The average molecular weight is 1380 g/mol. The number of rotatable bonds is 8. The van der Waals surface area contributed by atoms with Gasteiger partial charge in [-0.15, -0.1) is 44.8 Å². The quantitative estimate of drug-likeness (QED) is 0.0808. The Labute approximate surface area is 610 Å². The van der Waals surface area contributed by atoms with Crippen LogP contribution in [0.5, 0.6) is 0 Å². The van der Waals surface area contributed by atoms with E-state index in [1.165, 1.54) is 242 Å². The molecule has 0 nitrogen and oxygen atoms in total. The van der Waals surface area contributed by atoms with Gasteiger partial charge in [0.25, 0.3) is 0 Å². The van der Waals surface area contributed by atoms with Crippen LogP contribution in [0, 0.1) is 46.3 Å². The van der Waals surface area contributed by atoms with Crippen LogP contribution >= 0.6 is 0 Å². The van der Waals surface area contributed by atoms with Crippen molar-refractivity contribution in [3.8, 4) is 44.5 Å². The SMILES string of the molecule is C[Si]C.[Zr+2].c1ccc2c(-c3ccc(-c4c5ccccc5cc5ccccc45)c4[cH-]c(CC56CC7CC(CC(C7)C5)C6)cc34)c3ccccc3cc2c1.c1ccc2c(-c3ccc(-c4c5ccccc5cc5ccccc45)c4[cH-]c(CC56CC7CC(CC(C7)C5)C6)cc34)c3ccccc3cc2c1. The van der Waals surface area contributed by atoms with Crippen molar-refractivity contribution < 1.29 is 26.2 Å². The van der Waals surface area contributed by atoms with Crippen molar-refractivity contribution in [3.05, 3.63) is 278 Å². The molecule has 2 radical (unpaired) electrons. The van der Waals surface area contributed by atoms with E-state index in [1.54, 1.807) is 11.1 Å². The molecule has 100 heavy (non-hydrogen) atoms. The van der Waals surface area contributed by atoms with Crippen LogP contribution in [-0.2, 0) is 39.0 Å². The first kappa shape index (κ1) is 62.5. The molecule has 0 spiro atoms. The Balaban J connectivity index is 0.000000133. The van der Waals surface area contributed by atoms with Crippen LogP contribution in [0.3, 0.4) is 0 Å². The van der Waals surface area contributed by atoms with E-state index in [2.05, 4.69) is 280 Å². The van der Waals surface area contributed by atoms with Crippen LogP contribution < -0.4 is 0 Å². The molecule has 0 aromatic heterocycles. The number of fused-ring (bicyclic) bond motifs is 10. The summed E-state index contributed by atoms with van der Waals surface area (Å²) in [5.41, 5.74) is 15.0. The predicted octanol–water partition coefficient (Wildman–Crippen LogP) is 27.3. The van der Waals surface area contributed by atoms with Gasteiger partial charge in [-0.05, 0) is 269 Å².